The van der Waals surface area contributed by atoms with Crippen LogP contribution in [-0.4, -0.2) is 12.5 Å². The van der Waals surface area contributed by atoms with E-state index < -0.39 is 0 Å². The summed E-state index contributed by atoms with van der Waals surface area (Å²) in [6.45, 7) is 0.647. The van der Waals surface area contributed by atoms with Gasteiger partial charge in [0.2, 0.25) is 5.91 Å². The molecule has 2 aromatic carbocycles. The van der Waals surface area contributed by atoms with Gasteiger partial charge < -0.3 is 5.32 Å². The molecule has 1 fully saturated rings. The Labute approximate surface area is 127 Å². The van der Waals surface area contributed by atoms with Gasteiger partial charge in [0.25, 0.3) is 0 Å². The standard InChI is InChI=1S/C16H13Cl2NO/c17-12-5-1-10(2-6-12)14-9-19-16(20)15(14)11-3-7-13(18)8-4-11/h1-8,14-15H,9H2,(H,19,20)/t14-,15-/m0/s1. The van der Waals surface area contributed by atoms with Crippen LogP contribution in [0.1, 0.15) is 23.0 Å². The topological polar surface area (TPSA) is 29.1 Å². The predicted octanol–water partition coefficient (Wildman–Crippen LogP) is 3.99. The van der Waals surface area contributed by atoms with Crippen molar-refractivity contribution in [2.24, 2.45) is 0 Å². The van der Waals surface area contributed by atoms with Crippen molar-refractivity contribution in [3.8, 4) is 0 Å². The lowest BCUT2D eigenvalue weighted by atomic mass is 9.84. The van der Waals surface area contributed by atoms with Crippen LogP contribution in [-0.2, 0) is 4.79 Å². The van der Waals surface area contributed by atoms with E-state index in [1.807, 2.05) is 48.5 Å². The molecule has 4 heteroatoms. The van der Waals surface area contributed by atoms with Crippen LogP contribution >= 0.6 is 23.2 Å². The zero-order chi connectivity index (χ0) is 14.1. The third kappa shape index (κ3) is 2.54. The lowest BCUT2D eigenvalue weighted by Crippen LogP contribution is -2.18. The van der Waals surface area contributed by atoms with E-state index in [4.69, 9.17) is 23.2 Å². The lowest BCUT2D eigenvalue weighted by molar-refractivity contribution is -0.120. The van der Waals surface area contributed by atoms with Crippen LogP contribution in [0.25, 0.3) is 0 Å². The molecule has 0 aromatic heterocycles. The number of hydrogen-bond acceptors (Lipinski definition) is 1. The first-order chi connectivity index (χ1) is 9.65. The van der Waals surface area contributed by atoms with Crippen LogP contribution in [0.5, 0.6) is 0 Å². The van der Waals surface area contributed by atoms with Gasteiger partial charge in [-0.25, -0.2) is 0 Å². The minimum absolute atomic E-state index is 0.0623. The maximum Gasteiger partial charge on any atom is 0.228 e. The molecule has 2 aromatic rings. The van der Waals surface area contributed by atoms with Gasteiger partial charge in [-0.15, -0.1) is 0 Å². The molecular weight excluding hydrogens is 293 g/mol. The van der Waals surface area contributed by atoms with Gasteiger partial charge in [-0.05, 0) is 35.4 Å². The Morgan fingerprint density at radius 3 is 1.90 bits per heavy atom. The van der Waals surface area contributed by atoms with Crippen LogP contribution in [0.2, 0.25) is 10.0 Å². The SMILES string of the molecule is O=C1NC[C@@H](c2ccc(Cl)cc2)[C@@H]1c1ccc(Cl)cc1. The average Bonchev–Trinajstić information content (AvgIpc) is 2.83. The smallest absolute Gasteiger partial charge is 0.228 e. The van der Waals surface area contributed by atoms with Crippen molar-refractivity contribution >= 4 is 29.1 Å². The fourth-order valence-electron chi connectivity index (χ4n) is 2.70. The fraction of sp³-hybridized carbons (Fsp3) is 0.188. The number of nitrogens with one attached hydrogen (secondary N) is 1. The molecule has 1 heterocycles. The van der Waals surface area contributed by atoms with E-state index in [0.717, 1.165) is 11.1 Å². The molecule has 0 aliphatic carbocycles. The number of benzene rings is 2. The number of rotatable bonds is 2. The third-order valence-electron chi connectivity index (χ3n) is 3.71. The largest absolute Gasteiger partial charge is 0.355 e. The maximum absolute atomic E-state index is 12.1. The third-order valence-corrected chi connectivity index (χ3v) is 4.21. The molecule has 1 aliphatic heterocycles. The molecule has 0 spiro atoms. The Hall–Kier alpha value is -1.51. The molecule has 0 unspecified atom stereocenters. The summed E-state index contributed by atoms with van der Waals surface area (Å²) in [7, 11) is 0. The van der Waals surface area contributed by atoms with Crippen molar-refractivity contribution in [3.63, 3.8) is 0 Å². The second kappa shape index (κ2) is 5.47. The lowest BCUT2D eigenvalue weighted by Gasteiger charge is -2.17. The Morgan fingerprint density at radius 2 is 1.35 bits per heavy atom. The number of hydrogen-bond donors (Lipinski definition) is 1. The molecule has 2 atom stereocenters. The second-order valence-electron chi connectivity index (χ2n) is 4.93. The zero-order valence-electron chi connectivity index (χ0n) is 10.6. The van der Waals surface area contributed by atoms with Gasteiger partial charge in [0.1, 0.15) is 0 Å². The summed E-state index contributed by atoms with van der Waals surface area (Å²) in [4.78, 5) is 12.1. The molecule has 1 N–H and O–H groups in total. The Balaban J connectivity index is 1.96. The quantitative estimate of drug-likeness (QED) is 0.893. The monoisotopic (exact) mass is 305 g/mol. The number of carbonyl (C=O) groups excluding carboxylic acids is 1. The van der Waals surface area contributed by atoms with Gasteiger partial charge >= 0.3 is 0 Å². The highest BCUT2D eigenvalue weighted by atomic mass is 35.5. The van der Waals surface area contributed by atoms with Crippen LogP contribution in [0.15, 0.2) is 48.5 Å². The van der Waals surface area contributed by atoms with Crippen LogP contribution in [0, 0.1) is 0 Å². The fourth-order valence-corrected chi connectivity index (χ4v) is 2.95. The minimum Gasteiger partial charge on any atom is -0.355 e. The highest BCUT2D eigenvalue weighted by molar-refractivity contribution is 6.30. The molecule has 0 saturated carbocycles. The Bertz CT molecular complexity index is 622. The van der Waals surface area contributed by atoms with Crippen LogP contribution in [0.3, 0.4) is 0 Å². The number of carbonyl (C=O) groups is 1. The van der Waals surface area contributed by atoms with Gasteiger partial charge in [-0.3, -0.25) is 4.79 Å². The summed E-state index contributed by atoms with van der Waals surface area (Å²) in [6, 6.07) is 15.2. The van der Waals surface area contributed by atoms with E-state index in [9.17, 15) is 4.79 Å². The van der Waals surface area contributed by atoms with E-state index in [1.165, 1.54) is 0 Å². The molecule has 1 amide bonds. The molecule has 1 aliphatic rings. The van der Waals surface area contributed by atoms with Crippen molar-refractivity contribution < 1.29 is 4.79 Å². The van der Waals surface area contributed by atoms with E-state index in [-0.39, 0.29) is 17.7 Å². The van der Waals surface area contributed by atoms with Gasteiger partial charge in [0, 0.05) is 22.5 Å². The van der Waals surface area contributed by atoms with E-state index in [0.29, 0.717) is 16.6 Å². The second-order valence-corrected chi connectivity index (χ2v) is 5.81. The van der Waals surface area contributed by atoms with E-state index >= 15 is 0 Å². The summed E-state index contributed by atoms with van der Waals surface area (Å²) in [6.07, 6.45) is 0. The molecule has 2 nitrogen and oxygen atoms in total. The maximum atomic E-state index is 12.1. The van der Waals surface area contributed by atoms with Crippen molar-refractivity contribution in [1.29, 1.82) is 0 Å². The Morgan fingerprint density at radius 1 is 0.850 bits per heavy atom. The Kier molecular flexibility index (Phi) is 3.68. The summed E-state index contributed by atoms with van der Waals surface area (Å²) >= 11 is 11.8. The minimum atomic E-state index is -0.173. The van der Waals surface area contributed by atoms with E-state index in [1.54, 1.807) is 0 Å². The average molecular weight is 306 g/mol. The molecule has 102 valence electrons. The predicted molar refractivity (Wildman–Crippen MR) is 81.4 cm³/mol. The first-order valence-corrected chi connectivity index (χ1v) is 7.19. The molecule has 20 heavy (non-hydrogen) atoms. The molecule has 3 rings (SSSR count). The highest BCUT2D eigenvalue weighted by Crippen LogP contribution is 2.37. The van der Waals surface area contributed by atoms with E-state index in [2.05, 4.69) is 5.32 Å². The first-order valence-electron chi connectivity index (χ1n) is 6.44. The summed E-state index contributed by atoms with van der Waals surface area (Å²) < 4.78 is 0. The normalized spacial score (nSPS) is 21.8. The van der Waals surface area contributed by atoms with Crippen molar-refractivity contribution in [2.45, 2.75) is 11.8 Å². The van der Waals surface area contributed by atoms with Crippen molar-refractivity contribution in [3.05, 3.63) is 69.7 Å². The summed E-state index contributed by atoms with van der Waals surface area (Å²) in [5.74, 6) is 0.0154. The molecular formula is C16H13Cl2NO. The zero-order valence-corrected chi connectivity index (χ0v) is 12.2. The van der Waals surface area contributed by atoms with Crippen molar-refractivity contribution in [1.82, 2.24) is 5.32 Å². The van der Waals surface area contributed by atoms with Gasteiger partial charge in [0.15, 0.2) is 0 Å². The van der Waals surface area contributed by atoms with Crippen LogP contribution in [0.4, 0.5) is 0 Å². The molecule has 0 bridgehead atoms. The number of amides is 1. The van der Waals surface area contributed by atoms with Gasteiger partial charge in [-0.2, -0.15) is 0 Å². The van der Waals surface area contributed by atoms with Crippen LogP contribution < -0.4 is 5.32 Å². The highest BCUT2D eigenvalue weighted by Gasteiger charge is 2.36. The summed E-state index contributed by atoms with van der Waals surface area (Å²) in [5, 5.41) is 4.32. The first kappa shape index (κ1) is 13.5. The van der Waals surface area contributed by atoms with Gasteiger partial charge in [-0.1, -0.05) is 47.5 Å². The van der Waals surface area contributed by atoms with Crippen molar-refractivity contribution in [2.75, 3.05) is 6.54 Å². The molecule has 0 radical (unpaired) electrons. The number of halogens is 2. The van der Waals surface area contributed by atoms with Gasteiger partial charge in [0.05, 0.1) is 5.92 Å². The molecule has 1 saturated heterocycles. The summed E-state index contributed by atoms with van der Waals surface area (Å²) in [5.41, 5.74) is 2.11.